The highest BCUT2D eigenvalue weighted by Crippen LogP contribution is 2.14. The average Bonchev–Trinajstić information content (AvgIpc) is 2.84. The van der Waals surface area contributed by atoms with Crippen LogP contribution in [0.3, 0.4) is 0 Å². The van der Waals surface area contributed by atoms with Crippen LogP contribution >= 0.6 is 0 Å². The van der Waals surface area contributed by atoms with E-state index in [0.717, 1.165) is 16.7 Å². The fraction of sp³-hybridized carbons (Fsp3) is 0.0769. The summed E-state index contributed by atoms with van der Waals surface area (Å²) in [5, 5.41) is 17.8. The summed E-state index contributed by atoms with van der Waals surface area (Å²) in [5.74, 6) is -4.54. The number of hydrogen-bond acceptors (Lipinski definition) is 4. The maximum atomic E-state index is 13.6. The Kier molecular flexibility index (Phi) is 7.76. The fourth-order valence-corrected chi connectivity index (χ4v) is 3.43. The number of benzene rings is 2. The Hall–Kier alpha value is -4.93. The molecular weight excluding hydrogens is 493 g/mol. The van der Waals surface area contributed by atoms with Crippen molar-refractivity contribution in [2.75, 3.05) is 0 Å². The maximum absolute atomic E-state index is 13.6. The Balaban J connectivity index is 0.000000206. The number of aromatic carboxylic acids is 2. The van der Waals surface area contributed by atoms with E-state index in [1.54, 1.807) is 6.92 Å². The van der Waals surface area contributed by atoms with Gasteiger partial charge in [0.15, 0.2) is 0 Å². The molecular formula is C26H19F3N2O6. The number of hydrogen-bond donors (Lipinski definition) is 2. The Bertz CT molecular complexity index is 1610. The molecule has 190 valence electrons. The van der Waals surface area contributed by atoms with E-state index in [9.17, 15) is 32.3 Å². The van der Waals surface area contributed by atoms with E-state index in [1.165, 1.54) is 60.0 Å². The number of carboxylic acid groups (broad SMARTS) is 2. The number of aryl methyl sites for hydroxylation is 1. The Morgan fingerprint density at radius 2 is 1.08 bits per heavy atom. The molecule has 0 fully saturated rings. The van der Waals surface area contributed by atoms with Crippen molar-refractivity contribution in [2.24, 2.45) is 0 Å². The third-order valence-electron chi connectivity index (χ3n) is 5.29. The second-order valence-electron chi connectivity index (χ2n) is 7.72. The predicted molar refractivity (Wildman–Crippen MR) is 127 cm³/mol. The fourth-order valence-electron chi connectivity index (χ4n) is 3.43. The summed E-state index contributed by atoms with van der Waals surface area (Å²) in [6.45, 7) is 3.02. The first-order valence-electron chi connectivity index (χ1n) is 10.6. The lowest BCUT2D eigenvalue weighted by Gasteiger charge is -2.11. The van der Waals surface area contributed by atoms with Gasteiger partial charge in [0.1, 0.15) is 28.6 Å². The summed E-state index contributed by atoms with van der Waals surface area (Å²) in [5.41, 5.74) is -1.31. The van der Waals surface area contributed by atoms with Crippen LogP contribution in [0.4, 0.5) is 13.2 Å². The number of nitrogens with zero attached hydrogens (tertiary/aromatic N) is 2. The van der Waals surface area contributed by atoms with Gasteiger partial charge in [-0.25, -0.2) is 22.8 Å². The zero-order valence-electron chi connectivity index (χ0n) is 19.4. The number of aromatic nitrogens is 2. The van der Waals surface area contributed by atoms with E-state index < -0.39 is 46.1 Å². The van der Waals surface area contributed by atoms with Gasteiger partial charge >= 0.3 is 11.9 Å². The van der Waals surface area contributed by atoms with Crippen molar-refractivity contribution in [1.82, 2.24) is 9.13 Å². The van der Waals surface area contributed by atoms with Gasteiger partial charge in [-0.2, -0.15) is 0 Å². The molecule has 0 aliphatic rings. The number of halogens is 3. The Morgan fingerprint density at radius 1 is 0.649 bits per heavy atom. The lowest BCUT2D eigenvalue weighted by atomic mass is 10.2. The van der Waals surface area contributed by atoms with Crippen molar-refractivity contribution in [2.45, 2.75) is 13.8 Å². The molecule has 11 heteroatoms. The molecule has 0 atom stereocenters. The summed E-state index contributed by atoms with van der Waals surface area (Å²) in [7, 11) is 0. The largest absolute Gasteiger partial charge is 0.477 e. The van der Waals surface area contributed by atoms with E-state index in [-0.39, 0.29) is 16.9 Å². The van der Waals surface area contributed by atoms with E-state index in [2.05, 4.69) is 0 Å². The molecule has 2 aromatic carbocycles. The Labute approximate surface area is 207 Å². The van der Waals surface area contributed by atoms with E-state index >= 15 is 0 Å². The quantitative estimate of drug-likeness (QED) is 0.425. The highest BCUT2D eigenvalue weighted by Gasteiger charge is 2.18. The van der Waals surface area contributed by atoms with Crippen LogP contribution < -0.4 is 11.1 Å². The van der Waals surface area contributed by atoms with Crippen LogP contribution in [0.1, 0.15) is 32.1 Å². The van der Waals surface area contributed by atoms with Crippen molar-refractivity contribution >= 4 is 11.9 Å². The van der Waals surface area contributed by atoms with E-state index in [0.29, 0.717) is 17.4 Å². The molecule has 2 aromatic heterocycles. The minimum Gasteiger partial charge on any atom is -0.477 e. The molecule has 0 saturated carbocycles. The monoisotopic (exact) mass is 512 g/mol. The van der Waals surface area contributed by atoms with Crippen molar-refractivity contribution < 1.29 is 33.0 Å². The maximum Gasteiger partial charge on any atom is 0.341 e. The second-order valence-corrected chi connectivity index (χ2v) is 7.72. The van der Waals surface area contributed by atoms with Gasteiger partial charge in [0.25, 0.3) is 11.1 Å². The molecule has 0 unspecified atom stereocenters. The third-order valence-corrected chi connectivity index (χ3v) is 5.29. The Morgan fingerprint density at radius 3 is 1.54 bits per heavy atom. The van der Waals surface area contributed by atoms with E-state index in [4.69, 9.17) is 10.2 Å². The van der Waals surface area contributed by atoms with Gasteiger partial charge in [-0.05, 0) is 80.6 Å². The minimum atomic E-state index is -1.51. The standard InChI is InChI=1S/C13H9F2NO3.C13H10FNO3/c1-7-11(15)6-10(13(18)19)12(17)16(7)9-4-2-8(14)3-5-9;1-8-2-7-11(13(17)18)12(16)15(8)10-5-3-9(14)4-6-10/h2-6H,1H3,(H,18,19);2-7H,1H3,(H,17,18). The molecule has 2 heterocycles. The number of carboxylic acids is 2. The molecule has 0 spiro atoms. The van der Waals surface area contributed by atoms with Crippen molar-refractivity contribution in [3.8, 4) is 11.4 Å². The minimum absolute atomic E-state index is 0.0402. The normalized spacial score (nSPS) is 10.4. The molecule has 0 saturated heterocycles. The second kappa shape index (κ2) is 10.8. The first-order valence-corrected chi connectivity index (χ1v) is 10.6. The molecule has 0 aliphatic heterocycles. The van der Waals surface area contributed by atoms with Crippen LogP contribution in [-0.4, -0.2) is 31.3 Å². The van der Waals surface area contributed by atoms with Gasteiger partial charge in [-0.1, -0.05) is 0 Å². The lowest BCUT2D eigenvalue weighted by Crippen LogP contribution is -2.27. The van der Waals surface area contributed by atoms with Crippen molar-refractivity contribution in [1.29, 1.82) is 0 Å². The highest BCUT2D eigenvalue weighted by atomic mass is 19.1. The summed E-state index contributed by atoms with van der Waals surface area (Å²) in [6, 6.07) is 13.5. The summed E-state index contributed by atoms with van der Waals surface area (Å²) in [6.07, 6.45) is 0. The van der Waals surface area contributed by atoms with Crippen LogP contribution in [0.25, 0.3) is 11.4 Å². The van der Waals surface area contributed by atoms with Crippen LogP contribution in [0.15, 0.2) is 76.3 Å². The van der Waals surface area contributed by atoms with Crippen LogP contribution in [0.2, 0.25) is 0 Å². The number of carbonyl (C=O) groups is 2. The average molecular weight is 512 g/mol. The third kappa shape index (κ3) is 5.67. The zero-order chi connectivity index (χ0) is 27.4. The number of rotatable bonds is 4. The lowest BCUT2D eigenvalue weighted by molar-refractivity contribution is 0.0683. The number of pyridine rings is 2. The van der Waals surface area contributed by atoms with Gasteiger partial charge in [0.05, 0.1) is 5.69 Å². The van der Waals surface area contributed by atoms with Crippen LogP contribution in [-0.2, 0) is 0 Å². The molecule has 0 aliphatic carbocycles. The van der Waals surface area contributed by atoms with Gasteiger partial charge in [-0.3, -0.25) is 18.7 Å². The van der Waals surface area contributed by atoms with Crippen LogP contribution in [0.5, 0.6) is 0 Å². The summed E-state index contributed by atoms with van der Waals surface area (Å²) < 4.78 is 41.5. The smallest absolute Gasteiger partial charge is 0.341 e. The molecule has 0 radical (unpaired) electrons. The first kappa shape index (κ1) is 26.7. The van der Waals surface area contributed by atoms with Gasteiger partial charge in [0.2, 0.25) is 0 Å². The first-order chi connectivity index (χ1) is 17.4. The molecule has 37 heavy (non-hydrogen) atoms. The van der Waals surface area contributed by atoms with Crippen LogP contribution in [0, 0.1) is 31.3 Å². The van der Waals surface area contributed by atoms with Crippen molar-refractivity contribution in [3.05, 3.63) is 127 Å². The molecule has 2 N–H and O–H groups in total. The molecule has 0 amide bonds. The molecule has 4 aromatic rings. The molecule has 0 bridgehead atoms. The van der Waals surface area contributed by atoms with Gasteiger partial charge in [-0.15, -0.1) is 0 Å². The predicted octanol–water partition coefficient (Wildman–Crippen LogP) is 4.11. The summed E-state index contributed by atoms with van der Waals surface area (Å²) >= 11 is 0. The molecule has 4 rings (SSSR count). The summed E-state index contributed by atoms with van der Waals surface area (Å²) in [4.78, 5) is 45.8. The molecule has 8 nitrogen and oxygen atoms in total. The zero-order valence-corrected chi connectivity index (χ0v) is 19.4. The van der Waals surface area contributed by atoms with Gasteiger partial charge < -0.3 is 10.2 Å². The van der Waals surface area contributed by atoms with E-state index in [1.807, 2.05) is 0 Å². The SMILES string of the molecule is Cc1c(F)cc(C(=O)O)c(=O)n1-c1ccc(F)cc1.Cc1ccc(C(=O)O)c(=O)n1-c1ccc(F)cc1. The highest BCUT2D eigenvalue weighted by molar-refractivity contribution is 5.87. The van der Waals surface area contributed by atoms with Crippen molar-refractivity contribution in [3.63, 3.8) is 0 Å². The van der Waals surface area contributed by atoms with Gasteiger partial charge in [0, 0.05) is 17.1 Å². The topological polar surface area (TPSA) is 119 Å².